The zero-order valence-electron chi connectivity index (χ0n) is 21.8. The van der Waals surface area contributed by atoms with Gasteiger partial charge in [0.15, 0.2) is 0 Å². The summed E-state index contributed by atoms with van der Waals surface area (Å²) in [5.41, 5.74) is 5.32. The number of phenolic OH excluding ortho intramolecular Hbond substituents is 1. The van der Waals surface area contributed by atoms with Crippen molar-refractivity contribution in [1.29, 1.82) is 0 Å². The third-order valence-corrected chi connectivity index (χ3v) is 7.15. The highest BCUT2D eigenvalue weighted by Crippen LogP contribution is 2.43. The van der Waals surface area contributed by atoms with E-state index in [1.165, 1.54) is 6.07 Å². The second-order valence-electron chi connectivity index (χ2n) is 10.1. The van der Waals surface area contributed by atoms with Crippen molar-refractivity contribution in [2.75, 3.05) is 42.5 Å². The van der Waals surface area contributed by atoms with Crippen molar-refractivity contribution in [3.8, 4) is 5.75 Å². The predicted octanol–water partition coefficient (Wildman–Crippen LogP) is 3.02. The van der Waals surface area contributed by atoms with Crippen LogP contribution < -0.4 is 20.1 Å². The number of anilines is 2. The minimum Gasteiger partial charge on any atom is -0.507 e. The van der Waals surface area contributed by atoms with Gasteiger partial charge in [-0.05, 0) is 73.4 Å². The lowest BCUT2D eigenvalue weighted by Gasteiger charge is -2.31. The Kier molecular flexibility index (Phi) is 8.53. The fourth-order valence-corrected chi connectivity index (χ4v) is 5.43. The molecule has 3 rings (SSSR count). The minimum atomic E-state index is -3.95. The number of nitrogens with zero attached hydrogens (tertiary/aromatic N) is 1. The molecule has 0 unspecified atom stereocenters. The molecule has 0 aliphatic carbocycles. The van der Waals surface area contributed by atoms with Crippen molar-refractivity contribution >= 4 is 27.5 Å². The van der Waals surface area contributed by atoms with E-state index in [1.54, 1.807) is 18.2 Å². The summed E-state index contributed by atoms with van der Waals surface area (Å²) in [5, 5.41) is 18.3. The summed E-state index contributed by atoms with van der Waals surface area (Å²) in [6.07, 6.45) is 1.39. The Morgan fingerprint density at radius 3 is 2.56 bits per heavy atom. The molecule has 0 saturated heterocycles. The van der Waals surface area contributed by atoms with Gasteiger partial charge in [-0.15, -0.1) is 0 Å². The van der Waals surface area contributed by atoms with E-state index in [4.69, 9.17) is 9.88 Å². The Bertz CT molecular complexity index is 1230. The number of hydrogen-bond acceptors (Lipinski definition) is 6. The molecular formula is C26H38N4O5S. The summed E-state index contributed by atoms with van der Waals surface area (Å²) < 4.78 is 32.0. The number of carbonyl (C=O) groups excluding carboxylic acids is 1. The number of fused-ring (bicyclic) bond motifs is 1. The van der Waals surface area contributed by atoms with Gasteiger partial charge in [0.2, 0.25) is 0 Å². The molecule has 0 fully saturated rings. The third kappa shape index (κ3) is 6.48. The molecule has 0 atom stereocenters. The van der Waals surface area contributed by atoms with E-state index < -0.39 is 10.2 Å². The summed E-state index contributed by atoms with van der Waals surface area (Å²) >= 11 is 0. The highest BCUT2D eigenvalue weighted by atomic mass is 32.2. The maximum Gasteiger partial charge on any atom is 0.296 e. The van der Waals surface area contributed by atoms with Gasteiger partial charge in [-0.1, -0.05) is 26.0 Å². The van der Waals surface area contributed by atoms with Crippen LogP contribution in [0.25, 0.3) is 0 Å². The molecule has 0 spiro atoms. The summed E-state index contributed by atoms with van der Waals surface area (Å²) in [6.45, 7) is 13.1. The number of phenols is 1. The maximum absolute atomic E-state index is 12.7. The van der Waals surface area contributed by atoms with E-state index in [-0.39, 0.29) is 22.6 Å². The number of hydrogen-bond donors (Lipinski definition) is 4. The van der Waals surface area contributed by atoms with Crippen molar-refractivity contribution in [3.63, 3.8) is 0 Å². The first kappa shape index (κ1) is 27.8. The Balaban J connectivity index is 1.94. The van der Waals surface area contributed by atoms with Crippen LogP contribution >= 0.6 is 0 Å². The molecule has 0 radical (unpaired) electrons. The SMILES string of the molecule is CCOCCN1CCc2c(C)c(NS(N)(=O)=O)c(C)c(CC(C)(C)CNC(=O)c3ccccc3O)c21. The lowest BCUT2D eigenvalue weighted by Crippen LogP contribution is -2.36. The van der Waals surface area contributed by atoms with E-state index in [0.29, 0.717) is 31.9 Å². The van der Waals surface area contributed by atoms with Crippen molar-refractivity contribution < 1.29 is 23.1 Å². The Morgan fingerprint density at radius 1 is 1.22 bits per heavy atom. The van der Waals surface area contributed by atoms with Crippen LogP contribution in [0, 0.1) is 19.3 Å². The zero-order chi connectivity index (χ0) is 26.7. The topological polar surface area (TPSA) is 134 Å². The lowest BCUT2D eigenvalue weighted by atomic mass is 9.81. The van der Waals surface area contributed by atoms with Gasteiger partial charge >= 0.3 is 0 Å². The first-order valence-corrected chi connectivity index (χ1v) is 13.7. The molecule has 1 amide bonds. The van der Waals surface area contributed by atoms with Crippen LogP contribution in [-0.2, 0) is 27.8 Å². The van der Waals surface area contributed by atoms with Crippen LogP contribution in [0.4, 0.5) is 11.4 Å². The van der Waals surface area contributed by atoms with Gasteiger partial charge < -0.3 is 20.1 Å². The summed E-state index contributed by atoms with van der Waals surface area (Å²) in [6, 6.07) is 6.43. The predicted molar refractivity (Wildman–Crippen MR) is 143 cm³/mol. The molecule has 1 aliphatic heterocycles. The zero-order valence-corrected chi connectivity index (χ0v) is 22.6. The largest absolute Gasteiger partial charge is 0.507 e. The van der Waals surface area contributed by atoms with Crippen molar-refractivity contribution in [2.24, 2.45) is 10.6 Å². The van der Waals surface area contributed by atoms with Crippen LogP contribution in [0.1, 0.15) is 53.4 Å². The summed E-state index contributed by atoms with van der Waals surface area (Å²) in [5.74, 6) is -0.411. The number of rotatable bonds is 11. The summed E-state index contributed by atoms with van der Waals surface area (Å²) in [7, 11) is -3.95. The molecule has 10 heteroatoms. The first-order valence-electron chi connectivity index (χ1n) is 12.2. The number of ether oxygens (including phenoxy) is 1. The van der Waals surface area contributed by atoms with E-state index in [0.717, 1.165) is 47.5 Å². The molecule has 1 aliphatic rings. The molecule has 2 aromatic rings. The quantitative estimate of drug-likeness (QED) is 0.338. The Morgan fingerprint density at radius 2 is 1.92 bits per heavy atom. The average Bonchev–Trinajstić information content (AvgIpc) is 3.22. The van der Waals surface area contributed by atoms with Gasteiger partial charge in [0.25, 0.3) is 16.1 Å². The third-order valence-electron chi connectivity index (χ3n) is 6.66. The Labute approximate surface area is 214 Å². The number of para-hydroxylation sites is 1. The monoisotopic (exact) mass is 518 g/mol. The van der Waals surface area contributed by atoms with Crippen molar-refractivity contribution in [2.45, 2.75) is 47.5 Å². The average molecular weight is 519 g/mol. The fraction of sp³-hybridized carbons (Fsp3) is 0.500. The molecule has 5 N–H and O–H groups in total. The van der Waals surface area contributed by atoms with Crippen LogP contribution in [0.2, 0.25) is 0 Å². The highest BCUT2D eigenvalue weighted by molar-refractivity contribution is 7.90. The van der Waals surface area contributed by atoms with Gasteiger partial charge in [-0.25, -0.2) is 5.14 Å². The van der Waals surface area contributed by atoms with Gasteiger partial charge in [0, 0.05) is 31.9 Å². The van der Waals surface area contributed by atoms with E-state index in [1.807, 2.05) is 20.8 Å². The second-order valence-corrected chi connectivity index (χ2v) is 11.3. The summed E-state index contributed by atoms with van der Waals surface area (Å²) in [4.78, 5) is 15.0. The van der Waals surface area contributed by atoms with Crippen molar-refractivity contribution in [3.05, 3.63) is 52.1 Å². The van der Waals surface area contributed by atoms with Crippen molar-refractivity contribution in [1.82, 2.24) is 5.32 Å². The fourth-order valence-electron chi connectivity index (χ4n) is 4.84. The molecule has 1 heterocycles. The highest BCUT2D eigenvalue weighted by Gasteiger charge is 2.32. The number of carbonyl (C=O) groups is 1. The van der Waals surface area contributed by atoms with Gasteiger partial charge in [-0.2, -0.15) is 8.42 Å². The molecule has 9 nitrogen and oxygen atoms in total. The molecule has 0 bridgehead atoms. The minimum absolute atomic E-state index is 0.0661. The van der Waals surface area contributed by atoms with Crippen LogP contribution in [0.5, 0.6) is 5.75 Å². The van der Waals surface area contributed by atoms with E-state index >= 15 is 0 Å². The van der Waals surface area contributed by atoms with E-state index in [2.05, 4.69) is 28.8 Å². The maximum atomic E-state index is 12.7. The number of amides is 1. The molecular weight excluding hydrogens is 480 g/mol. The first-order chi connectivity index (χ1) is 16.8. The van der Waals surface area contributed by atoms with E-state index in [9.17, 15) is 18.3 Å². The normalized spacial score (nSPS) is 13.6. The lowest BCUT2D eigenvalue weighted by molar-refractivity contribution is 0.0933. The Hall–Kier alpha value is -2.82. The molecule has 0 saturated carbocycles. The van der Waals surface area contributed by atoms with Gasteiger partial charge in [-0.3, -0.25) is 9.52 Å². The molecule has 198 valence electrons. The number of benzene rings is 2. The van der Waals surface area contributed by atoms with Gasteiger partial charge in [0.05, 0.1) is 17.9 Å². The second kappa shape index (κ2) is 11.1. The van der Waals surface area contributed by atoms with Crippen LogP contribution in [-0.4, -0.2) is 52.3 Å². The van der Waals surface area contributed by atoms with Gasteiger partial charge in [0.1, 0.15) is 5.75 Å². The van der Waals surface area contributed by atoms with Crippen LogP contribution in [0.3, 0.4) is 0 Å². The van der Waals surface area contributed by atoms with Crippen LogP contribution in [0.15, 0.2) is 24.3 Å². The smallest absolute Gasteiger partial charge is 0.296 e. The molecule has 2 aromatic carbocycles. The standard InChI is InChI=1S/C26H38N4O5S/c1-6-35-14-13-30-12-11-19-17(2)23(29-36(27,33)34)18(3)21(24(19)30)15-26(4,5)16-28-25(32)20-9-7-8-10-22(20)31/h7-10,29,31H,6,11-16H2,1-5H3,(H,28,32)(H2,27,33,34). The number of nitrogens with one attached hydrogen (secondary N) is 2. The number of aromatic hydroxyl groups is 1. The number of nitrogens with two attached hydrogens (primary N) is 1. The molecule has 0 aromatic heterocycles. The molecule has 36 heavy (non-hydrogen) atoms.